The summed E-state index contributed by atoms with van der Waals surface area (Å²) in [6.07, 6.45) is 3.27. The Labute approximate surface area is 87.8 Å². The molecule has 3 heteroatoms. The Morgan fingerprint density at radius 3 is 2.87 bits per heavy atom. The average molecular weight is 205 g/mol. The van der Waals surface area contributed by atoms with E-state index in [2.05, 4.69) is 11.9 Å². The van der Waals surface area contributed by atoms with Crippen LogP contribution in [0, 0.1) is 5.82 Å². The third kappa shape index (κ3) is 2.24. The molecule has 78 valence electrons. The van der Waals surface area contributed by atoms with Gasteiger partial charge in [0, 0.05) is 5.69 Å². The summed E-state index contributed by atoms with van der Waals surface area (Å²) < 4.78 is 13.3. The van der Waals surface area contributed by atoms with Crippen LogP contribution in [0.1, 0.15) is 24.3 Å². The molecule has 1 aromatic carbocycles. The van der Waals surface area contributed by atoms with Crippen LogP contribution < -0.4 is 5.32 Å². The van der Waals surface area contributed by atoms with E-state index >= 15 is 0 Å². The fourth-order valence-corrected chi connectivity index (χ4v) is 1.52. The monoisotopic (exact) mass is 205 g/mol. The third-order valence-corrected chi connectivity index (χ3v) is 2.47. The predicted octanol–water partition coefficient (Wildman–Crippen LogP) is 2.83. The van der Waals surface area contributed by atoms with Crippen LogP contribution >= 0.6 is 0 Å². The Balaban J connectivity index is 2.21. The molecular weight excluding hydrogens is 193 g/mol. The first-order chi connectivity index (χ1) is 7.20. The van der Waals surface area contributed by atoms with E-state index < -0.39 is 0 Å². The lowest BCUT2D eigenvalue weighted by atomic mass is 10.1. The first-order valence-corrected chi connectivity index (χ1v) is 4.93. The second-order valence-electron chi connectivity index (χ2n) is 3.70. The van der Waals surface area contributed by atoms with Crippen LogP contribution in [0.5, 0.6) is 0 Å². The van der Waals surface area contributed by atoms with Crippen molar-refractivity contribution in [1.82, 2.24) is 0 Å². The van der Waals surface area contributed by atoms with Crippen LogP contribution in [0.15, 0.2) is 30.9 Å². The topological polar surface area (TPSA) is 29.1 Å². The number of rotatable bonds is 3. The first-order valence-electron chi connectivity index (χ1n) is 4.93. The van der Waals surface area contributed by atoms with E-state index in [0.717, 1.165) is 12.8 Å². The van der Waals surface area contributed by atoms with Crippen molar-refractivity contribution in [3.63, 3.8) is 0 Å². The van der Waals surface area contributed by atoms with Crippen molar-refractivity contribution < 1.29 is 9.18 Å². The van der Waals surface area contributed by atoms with Gasteiger partial charge in [-0.3, -0.25) is 4.79 Å². The maximum Gasteiger partial charge on any atom is 0.247 e. The maximum absolute atomic E-state index is 13.3. The molecule has 0 bridgehead atoms. The molecule has 0 heterocycles. The number of carbonyl (C=O) groups excluding carboxylic acids is 1. The molecule has 1 aliphatic rings. The average Bonchev–Trinajstić information content (AvgIpc) is 3.04. The molecule has 0 atom stereocenters. The van der Waals surface area contributed by atoms with Gasteiger partial charge in [-0.25, -0.2) is 4.39 Å². The van der Waals surface area contributed by atoms with E-state index in [-0.39, 0.29) is 11.7 Å². The van der Waals surface area contributed by atoms with Gasteiger partial charge < -0.3 is 5.32 Å². The lowest BCUT2D eigenvalue weighted by molar-refractivity contribution is -0.111. The molecule has 0 aromatic heterocycles. The fraction of sp³-hybridized carbons (Fsp3) is 0.250. The summed E-state index contributed by atoms with van der Waals surface area (Å²) in [7, 11) is 0. The molecule has 15 heavy (non-hydrogen) atoms. The van der Waals surface area contributed by atoms with Crippen molar-refractivity contribution in [2.45, 2.75) is 18.8 Å². The standard InChI is InChI=1S/C12H12FNO/c1-2-12(15)14-9-5-6-11(13)10(7-9)8-3-4-8/h2,5-8H,1,3-4H2,(H,14,15). The summed E-state index contributed by atoms with van der Waals surface area (Å²) in [5.74, 6) is -0.122. The molecule has 0 saturated heterocycles. The quantitative estimate of drug-likeness (QED) is 0.755. The van der Waals surface area contributed by atoms with Crippen LogP contribution in [-0.2, 0) is 4.79 Å². The van der Waals surface area contributed by atoms with Crippen molar-refractivity contribution in [1.29, 1.82) is 0 Å². The highest BCUT2D eigenvalue weighted by molar-refractivity contribution is 5.98. The largest absolute Gasteiger partial charge is 0.323 e. The minimum Gasteiger partial charge on any atom is -0.323 e. The predicted molar refractivity (Wildman–Crippen MR) is 57.2 cm³/mol. The van der Waals surface area contributed by atoms with E-state index in [1.165, 1.54) is 12.1 Å². The molecule has 2 rings (SSSR count). The molecule has 1 aliphatic carbocycles. The Bertz CT molecular complexity index is 410. The van der Waals surface area contributed by atoms with Gasteiger partial charge in [0.1, 0.15) is 5.82 Å². The van der Waals surface area contributed by atoms with Crippen molar-refractivity contribution in [2.24, 2.45) is 0 Å². The Kier molecular flexibility index (Phi) is 2.54. The van der Waals surface area contributed by atoms with Crippen molar-refractivity contribution >= 4 is 11.6 Å². The summed E-state index contributed by atoms with van der Waals surface area (Å²) in [6, 6.07) is 4.66. The molecule has 0 aliphatic heterocycles. The zero-order valence-electron chi connectivity index (χ0n) is 8.29. The Morgan fingerprint density at radius 2 is 2.27 bits per heavy atom. The number of amides is 1. The van der Waals surface area contributed by atoms with Crippen LogP contribution in [0.2, 0.25) is 0 Å². The van der Waals surface area contributed by atoms with Gasteiger partial charge in [-0.2, -0.15) is 0 Å². The summed E-state index contributed by atoms with van der Waals surface area (Å²) in [6.45, 7) is 3.36. The number of anilines is 1. The van der Waals surface area contributed by atoms with Crippen molar-refractivity contribution in [3.8, 4) is 0 Å². The number of carbonyl (C=O) groups is 1. The lowest BCUT2D eigenvalue weighted by Crippen LogP contribution is -2.07. The normalized spacial score (nSPS) is 14.7. The van der Waals surface area contributed by atoms with E-state index in [1.54, 1.807) is 12.1 Å². The molecule has 1 fully saturated rings. The summed E-state index contributed by atoms with van der Waals surface area (Å²) in [5.41, 5.74) is 1.33. The SMILES string of the molecule is C=CC(=O)Nc1ccc(F)c(C2CC2)c1. The van der Waals surface area contributed by atoms with Gasteiger partial charge in [0.15, 0.2) is 0 Å². The van der Waals surface area contributed by atoms with E-state index in [0.29, 0.717) is 17.2 Å². The van der Waals surface area contributed by atoms with Gasteiger partial charge in [-0.1, -0.05) is 6.58 Å². The van der Waals surface area contributed by atoms with Crippen molar-refractivity contribution in [3.05, 3.63) is 42.2 Å². The lowest BCUT2D eigenvalue weighted by Gasteiger charge is -2.06. The van der Waals surface area contributed by atoms with Gasteiger partial charge in [0.2, 0.25) is 5.91 Å². The number of hydrogen-bond donors (Lipinski definition) is 1. The summed E-state index contributed by atoms with van der Waals surface area (Å²) in [5, 5.41) is 2.62. The van der Waals surface area contributed by atoms with E-state index in [9.17, 15) is 9.18 Å². The molecule has 1 N–H and O–H groups in total. The Hall–Kier alpha value is -1.64. The minimum atomic E-state index is -0.275. The van der Waals surface area contributed by atoms with Crippen LogP contribution in [0.25, 0.3) is 0 Å². The smallest absolute Gasteiger partial charge is 0.247 e. The molecule has 2 nitrogen and oxygen atoms in total. The number of benzene rings is 1. The second kappa shape index (κ2) is 3.85. The number of halogens is 1. The molecule has 0 unspecified atom stereocenters. The highest BCUT2D eigenvalue weighted by Gasteiger charge is 2.26. The highest BCUT2D eigenvalue weighted by atomic mass is 19.1. The number of hydrogen-bond acceptors (Lipinski definition) is 1. The van der Waals surface area contributed by atoms with Crippen LogP contribution in [0.3, 0.4) is 0 Å². The molecule has 1 aromatic rings. The van der Waals surface area contributed by atoms with Gasteiger partial charge in [-0.15, -0.1) is 0 Å². The highest BCUT2D eigenvalue weighted by Crippen LogP contribution is 2.41. The van der Waals surface area contributed by atoms with E-state index in [4.69, 9.17) is 0 Å². The molecule has 1 amide bonds. The zero-order chi connectivity index (χ0) is 10.8. The summed E-state index contributed by atoms with van der Waals surface area (Å²) in [4.78, 5) is 11.0. The Morgan fingerprint density at radius 1 is 1.53 bits per heavy atom. The molecular formula is C12H12FNO. The molecule has 1 saturated carbocycles. The van der Waals surface area contributed by atoms with Crippen LogP contribution in [-0.4, -0.2) is 5.91 Å². The van der Waals surface area contributed by atoms with Gasteiger partial charge >= 0.3 is 0 Å². The first kappa shape index (κ1) is 9.90. The van der Waals surface area contributed by atoms with E-state index in [1.807, 2.05) is 0 Å². The van der Waals surface area contributed by atoms with Gasteiger partial charge in [0.25, 0.3) is 0 Å². The summed E-state index contributed by atoms with van der Waals surface area (Å²) >= 11 is 0. The van der Waals surface area contributed by atoms with Crippen molar-refractivity contribution in [2.75, 3.05) is 5.32 Å². The molecule has 0 radical (unpaired) electrons. The molecule has 0 spiro atoms. The third-order valence-electron chi connectivity index (χ3n) is 2.47. The number of nitrogens with one attached hydrogen (secondary N) is 1. The van der Waals surface area contributed by atoms with Gasteiger partial charge in [-0.05, 0) is 48.6 Å². The second-order valence-corrected chi connectivity index (χ2v) is 3.70. The van der Waals surface area contributed by atoms with Crippen LogP contribution in [0.4, 0.5) is 10.1 Å². The minimum absolute atomic E-state index is 0.186. The maximum atomic E-state index is 13.3. The van der Waals surface area contributed by atoms with Gasteiger partial charge in [0.05, 0.1) is 0 Å². The zero-order valence-corrected chi connectivity index (χ0v) is 8.29. The fourth-order valence-electron chi connectivity index (χ4n) is 1.52.